The molecule has 5 heteroatoms. The van der Waals surface area contributed by atoms with E-state index in [1.165, 1.54) is 8.47 Å². The quantitative estimate of drug-likeness (QED) is 0.732. The van der Waals surface area contributed by atoms with Gasteiger partial charge in [-0.2, -0.15) is 0 Å². The molecule has 1 heterocycles. The van der Waals surface area contributed by atoms with E-state index in [1.807, 2.05) is 58.8 Å². The Morgan fingerprint density at radius 1 is 1.00 bits per heavy atom. The number of rotatable bonds is 3. The molecular formula is C6H10S5. The van der Waals surface area contributed by atoms with Crippen LogP contribution < -0.4 is 0 Å². The summed E-state index contributed by atoms with van der Waals surface area (Å²) < 4.78 is 3.70. The fourth-order valence-corrected chi connectivity index (χ4v) is 7.30. The first-order chi connectivity index (χ1) is 5.31. The zero-order valence-corrected chi connectivity index (χ0v) is 10.7. The summed E-state index contributed by atoms with van der Waals surface area (Å²) in [4.78, 5) is 0. The molecule has 0 radical (unpaired) electrons. The average Bonchev–Trinajstić information content (AvgIpc) is 2.46. The fourth-order valence-electron chi connectivity index (χ4n) is 0.654. The molecule has 0 aromatic carbocycles. The summed E-state index contributed by atoms with van der Waals surface area (Å²) in [5.41, 5.74) is 0. The van der Waals surface area contributed by atoms with E-state index in [0.717, 1.165) is 0 Å². The first-order valence-electron chi connectivity index (χ1n) is 3.00. The average molecular weight is 242 g/mol. The molecule has 1 aliphatic heterocycles. The maximum Gasteiger partial charge on any atom is 0.106 e. The van der Waals surface area contributed by atoms with Crippen LogP contribution in [-0.4, -0.2) is 22.7 Å². The van der Waals surface area contributed by atoms with Gasteiger partial charge >= 0.3 is 0 Å². The van der Waals surface area contributed by atoms with Crippen LogP contribution in [0.5, 0.6) is 0 Å². The zero-order chi connectivity index (χ0) is 8.27. The largest absolute Gasteiger partial charge is 0.139 e. The maximum absolute atomic E-state index is 2.17. The summed E-state index contributed by atoms with van der Waals surface area (Å²) >= 11 is 9.65. The van der Waals surface area contributed by atoms with Crippen molar-refractivity contribution < 1.29 is 0 Å². The molecule has 0 saturated carbocycles. The summed E-state index contributed by atoms with van der Waals surface area (Å²) in [7, 11) is 0. The number of hydrogen-bond donors (Lipinski definition) is 0. The molecule has 0 fully saturated rings. The maximum atomic E-state index is 2.17. The van der Waals surface area contributed by atoms with E-state index in [0.29, 0.717) is 3.91 Å². The van der Waals surface area contributed by atoms with Crippen molar-refractivity contribution >= 4 is 58.8 Å². The van der Waals surface area contributed by atoms with E-state index < -0.39 is 0 Å². The topological polar surface area (TPSA) is 0 Å². The van der Waals surface area contributed by atoms with Gasteiger partial charge in [-0.05, 0) is 18.8 Å². The highest BCUT2D eigenvalue weighted by Gasteiger charge is 2.23. The molecule has 0 spiro atoms. The minimum atomic E-state index is 0.694. The Bertz CT molecular complexity index is 148. The predicted molar refractivity (Wildman–Crippen MR) is 66.5 cm³/mol. The third kappa shape index (κ3) is 2.72. The van der Waals surface area contributed by atoms with Crippen LogP contribution in [0.25, 0.3) is 0 Å². The predicted octanol–water partition coefficient (Wildman–Crippen LogP) is 3.97. The number of thioether (sulfide) groups is 5. The van der Waals surface area contributed by atoms with Gasteiger partial charge in [0, 0.05) is 0 Å². The van der Waals surface area contributed by atoms with Crippen molar-refractivity contribution in [1.82, 2.24) is 0 Å². The van der Waals surface area contributed by atoms with E-state index in [2.05, 4.69) is 18.8 Å². The Morgan fingerprint density at radius 2 is 1.45 bits per heavy atom. The molecule has 0 nitrogen and oxygen atoms in total. The molecule has 1 aliphatic rings. The molecule has 11 heavy (non-hydrogen) atoms. The summed E-state index contributed by atoms with van der Waals surface area (Å²) in [6.45, 7) is 0. The SMILES string of the molecule is CSC1=C(SC)SC(SC)S1. The van der Waals surface area contributed by atoms with Crippen LogP contribution >= 0.6 is 58.8 Å². The lowest BCUT2D eigenvalue weighted by atomic mass is 11.2. The summed E-state index contributed by atoms with van der Waals surface area (Å²) in [6.07, 6.45) is 6.48. The van der Waals surface area contributed by atoms with Crippen molar-refractivity contribution in [1.29, 1.82) is 0 Å². The van der Waals surface area contributed by atoms with Gasteiger partial charge in [-0.1, -0.05) is 23.5 Å². The zero-order valence-electron chi connectivity index (χ0n) is 6.62. The van der Waals surface area contributed by atoms with Crippen molar-refractivity contribution in [3.05, 3.63) is 8.47 Å². The van der Waals surface area contributed by atoms with Crippen LogP contribution in [0.15, 0.2) is 8.47 Å². The molecule has 0 aliphatic carbocycles. The van der Waals surface area contributed by atoms with Crippen molar-refractivity contribution in [3.8, 4) is 0 Å². The summed E-state index contributed by atoms with van der Waals surface area (Å²) in [5.74, 6) is 0. The second kappa shape index (κ2) is 5.27. The van der Waals surface area contributed by atoms with Gasteiger partial charge in [-0.25, -0.2) is 0 Å². The lowest BCUT2D eigenvalue weighted by molar-refractivity contribution is 2.08. The van der Waals surface area contributed by atoms with E-state index >= 15 is 0 Å². The monoisotopic (exact) mass is 242 g/mol. The van der Waals surface area contributed by atoms with Crippen LogP contribution in [0.2, 0.25) is 0 Å². The molecule has 0 saturated heterocycles. The van der Waals surface area contributed by atoms with Crippen LogP contribution in [0.3, 0.4) is 0 Å². The van der Waals surface area contributed by atoms with Crippen molar-refractivity contribution in [3.63, 3.8) is 0 Å². The van der Waals surface area contributed by atoms with Crippen molar-refractivity contribution in [2.45, 2.75) is 3.91 Å². The molecule has 0 bridgehead atoms. The van der Waals surface area contributed by atoms with Gasteiger partial charge in [0.05, 0.1) is 8.47 Å². The van der Waals surface area contributed by atoms with Gasteiger partial charge < -0.3 is 0 Å². The van der Waals surface area contributed by atoms with Crippen molar-refractivity contribution in [2.75, 3.05) is 18.8 Å². The standard InChI is InChI=1S/C6H10S5/c1-7-4-5(8-2)11-6(9-3)10-4/h6H,1-3H3. The lowest BCUT2D eigenvalue weighted by Crippen LogP contribution is -1.78. The molecule has 0 atom stereocenters. The molecule has 0 amide bonds. The van der Waals surface area contributed by atoms with Crippen LogP contribution in [0.4, 0.5) is 0 Å². The molecule has 0 unspecified atom stereocenters. The second-order valence-corrected chi connectivity index (χ2v) is 7.96. The molecule has 1 rings (SSSR count). The Labute approximate surface area is 89.5 Å². The van der Waals surface area contributed by atoms with Gasteiger partial charge in [-0.15, -0.1) is 35.3 Å². The highest BCUT2D eigenvalue weighted by Crippen LogP contribution is 2.56. The minimum Gasteiger partial charge on any atom is -0.139 e. The van der Waals surface area contributed by atoms with E-state index in [4.69, 9.17) is 0 Å². The first-order valence-corrected chi connectivity index (χ1v) is 8.50. The Kier molecular flexibility index (Phi) is 5.06. The van der Waals surface area contributed by atoms with Crippen LogP contribution in [0.1, 0.15) is 0 Å². The normalized spacial score (nSPS) is 19.9. The summed E-state index contributed by atoms with van der Waals surface area (Å²) in [5, 5.41) is 0. The van der Waals surface area contributed by atoms with Gasteiger partial charge in [0.2, 0.25) is 0 Å². The Morgan fingerprint density at radius 3 is 1.73 bits per heavy atom. The second-order valence-electron chi connectivity index (χ2n) is 1.74. The summed E-state index contributed by atoms with van der Waals surface area (Å²) in [6, 6.07) is 0. The van der Waals surface area contributed by atoms with Crippen molar-refractivity contribution in [2.24, 2.45) is 0 Å². The van der Waals surface area contributed by atoms with Gasteiger partial charge in [0.15, 0.2) is 0 Å². The minimum absolute atomic E-state index is 0.694. The smallest absolute Gasteiger partial charge is 0.106 e. The third-order valence-electron chi connectivity index (χ3n) is 1.14. The van der Waals surface area contributed by atoms with Crippen LogP contribution in [-0.2, 0) is 0 Å². The Balaban J connectivity index is 2.56. The van der Waals surface area contributed by atoms with Gasteiger partial charge in [0.25, 0.3) is 0 Å². The van der Waals surface area contributed by atoms with E-state index in [-0.39, 0.29) is 0 Å². The molecule has 0 N–H and O–H groups in total. The molecule has 0 aromatic heterocycles. The molecular weight excluding hydrogens is 232 g/mol. The van der Waals surface area contributed by atoms with Gasteiger partial charge in [0.1, 0.15) is 3.91 Å². The van der Waals surface area contributed by atoms with Gasteiger partial charge in [-0.3, -0.25) is 0 Å². The number of hydrogen-bond acceptors (Lipinski definition) is 5. The Hall–Kier alpha value is 1.49. The molecule has 64 valence electrons. The fraction of sp³-hybridized carbons (Fsp3) is 0.667. The lowest BCUT2D eigenvalue weighted by Gasteiger charge is -2.01. The highest BCUT2D eigenvalue weighted by atomic mass is 32.3. The first kappa shape index (κ1) is 10.6. The van der Waals surface area contributed by atoms with Crippen LogP contribution in [0, 0.1) is 0 Å². The third-order valence-corrected chi connectivity index (χ3v) is 8.30. The van der Waals surface area contributed by atoms with E-state index in [1.54, 1.807) is 0 Å². The van der Waals surface area contributed by atoms with E-state index in [9.17, 15) is 0 Å². The highest BCUT2D eigenvalue weighted by molar-refractivity contribution is 8.44. The molecule has 0 aromatic rings.